The Morgan fingerprint density at radius 1 is 1.07 bits per heavy atom. The van der Waals surface area contributed by atoms with Crippen molar-refractivity contribution in [3.8, 4) is 5.75 Å². The highest BCUT2D eigenvalue weighted by atomic mass is 35.5. The maximum Gasteiger partial charge on any atom is 0.331 e. The van der Waals surface area contributed by atoms with Gasteiger partial charge in [-0.05, 0) is 36.8 Å². The number of benzene rings is 2. The molecule has 0 spiro atoms. The van der Waals surface area contributed by atoms with Gasteiger partial charge in [0.1, 0.15) is 0 Å². The molecule has 0 bridgehead atoms. The zero-order valence-electron chi connectivity index (χ0n) is 16.3. The smallest absolute Gasteiger partial charge is 0.331 e. The molecule has 0 unspecified atom stereocenters. The van der Waals surface area contributed by atoms with Crippen molar-refractivity contribution in [2.45, 2.75) is 20.4 Å². The van der Waals surface area contributed by atoms with Gasteiger partial charge in [0, 0.05) is 19.0 Å². The lowest BCUT2D eigenvalue weighted by Crippen LogP contribution is -2.46. The maximum atomic E-state index is 13.2. The van der Waals surface area contributed by atoms with Crippen LogP contribution in [-0.2, 0) is 18.4 Å². The lowest BCUT2D eigenvalue weighted by molar-refractivity contribution is -0.120. The fraction of sp³-hybridized carbons (Fsp3) is 0.190. The summed E-state index contributed by atoms with van der Waals surface area (Å²) in [4.78, 5) is 43.9. The SMILES string of the molecule is CC(=O)N(Oc1ccc(Cl)cc1)c1c(C)n(C)c(=O)n(Cc2ccccc2)c1=O. The van der Waals surface area contributed by atoms with Crippen molar-refractivity contribution in [2.75, 3.05) is 5.06 Å². The summed E-state index contributed by atoms with van der Waals surface area (Å²) >= 11 is 5.89. The highest BCUT2D eigenvalue weighted by molar-refractivity contribution is 6.30. The molecule has 0 atom stereocenters. The number of amides is 1. The van der Waals surface area contributed by atoms with E-state index in [9.17, 15) is 14.4 Å². The van der Waals surface area contributed by atoms with Crippen LogP contribution in [0.15, 0.2) is 64.2 Å². The van der Waals surface area contributed by atoms with Crippen molar-refractivity contribution in [1.29, 1.82) is 0 Å². The second-order valence-corrected chi connectivity index (χ2v) is 6.95. The molecule has 0 aliphatic carbocycles. The van der Waals surface area contributed by atoms with Crippen molar-refractivity contribution in [3.05, 3.63) is 91.7 Å². The van der Waals surface area contributed by atoms with Gasteiger partial charge in [-0.2, -0.15) is 0 Å². The largest absolute Gasteiger partial charge is 0.372 e. The lowest BCUT2D eigenvalue weighted by Gasteiger charge is -2.24. The molecule has 0 aliphatic heterocycles. The van der Waals surface area contributed by atoms with E-state index in [0.29, 0.717) is 16.5 Å². The Hall–Kier alpha value is -3.32. The Morgan fingerprint density at radius 3 is 2.28 bits per heavy atom. The van der Waals surface area contributed by atoms with E-state index in [1.54, 1.807) is 38.2 Å². The number of hydrogen-bond donors (Lipinski definition) is 0. The van der Waals surface area contributed by atoms with Crippen molar-refractivity contribution in [3.63, 3.8) is 0 Å². The lowest BCUT2D eigenvalue weighted by atomic mass is 10.2. The third-order valence-electron chi connectivity index (χ3n) is 4.49. The summed E-state index contributed by atoms with van der Waals surface area (Å²) in [6.07, 6.45) is 0. The van der Waals surface area contributed by atoms with Gasteiger partial charge in [0.2, 0.25) is 0 Å². The highest BCUT2D eigenvalue weighted by Crippen LogP contribution is 2.20. The van der Waals surface area contributed by atoms with E-state index in [-0.39, 0.29) is 12.2 Å². The molecule has 0 saturated heterocycles. The van der Waals surface area contributed by atoms with Crippen molar-refractivity contribution < 1.29 is 9.63 Å². The normalized spacial score (nSPS) is 10.6. The minimum Gasteiger partial charge on any atom is -0.372 e. The number of nitrogens with zero attached hydrogens (tertiary/aromatic N) is 3. The minimum absolute atomic E-state index is 0.0227. The van der Waals surface area contributed by atoms with Crippen LogP contribution in [0.25, 0.3) is 0 Å². The molecule has 150 valence electrons. The van der Waals surface area contributed by atoms with Crippen LogP contribution in [0.4, 0.5) is 5.69 Å². The average Bonchev–Trinajstić information content (AvgIpc) is 2.71. The first-order chi connectivity index (χ1) is 13.8. The number of halogens is 1. The monoisotopic (exact) mass is 413 g/mol. The first-order valence-electron chi connectivity index (χ1n) is 8.88. The molecule has 0 N–H and O–H groups in total. The van der Waals surface area contributed by atoms with Crippen LogP contribution in [0, 0.1) is 6.92 Å². The van der Waals surface area contributed by atoms with Crippen molar-refractivity contribution in [2.24, 2.45) is 7.05 Å². The van der Waals surface area contributed by atoms with Gasteiger partial charge in [-0.1, -0.05) is 41.9 Å². The minimum atomic E-state index is -0.612. The zero-order chi connectivity index (χ0) is 21.1. The molecular formula is C21H20ClN3O4. The Balaban J connectivity index is 2.13. The molecule has 0 aliphatic rings. The molecule has 3 aromatic rings. The van der Waals surface area contributed by atoms with E-state index < -0.39 is 17.2 Å². The van der Waals surface area contributed by atoms with Crippen LogP contribution in [0.5, 0.6) is 5.75 Å². The molecule has 0 fully saturated rings. The van der Waals surface area contributed by atoms with Gasteiger partial charge in [-0.3, -0.25) is 18.7 Å². The molecule has 7 nitrogen and oxygen atoms in total. The number of rotatable bonds is 5. The Labute approximate surface area is 172 Å². The second kappa shape index (κ2) is 8.36. The van der Waals surface area contributed by atoms with Gasteiger partial charge in [-0.25, -0.2) is 4.79 Å². The van der Waals surface area contributed by atoms with Crippen LogP contribution in [0.2, 0.25) is 5.02 Å². The summed E-state index contributed by atoms with van der Waals surface area (Å²) in [6, 6.07) is 15.5. The summed E-state index contributed by atoms with van der Waals surface area (Å²) in [5.74, 6) is -0.183. The quantitative estimate of drug-likeness (QED) is 0.603. The van der Waals surface area contributed by atoms with Gasteiger partial charge in [0.15, 0.2) is 11.4 Å². The van der Waals surface area contributed by atoms with Crippen LogP contribution in [0.3, 0.4) is 0 Å². The molecule has 1 amide bonds. The second-order valence-electron chi connectivity index (χ2n) is 6.51. The maximum absolute atomic E-state index is 13.2. The van der Waals surface area contributed by atoms with E-state index in [0.717, 1.165) is 15.2 Å². The number of hydrogen-bond acceptors (Lipinski definition) is 4. The molecule has 1 aromatic heterocycles. The summed E-state index contributed by atoms with van der Waals surface area (Å²) in [5, 5.41) is 1.41. The third-order valence-corrected chi connectivity index (χ3v) is 4.75. The number of carbonyl (C=O) groups is 1. The van der Waals surface area contributed by atoms with E-state index >= 15 is 0 Å². The van der Waals surface area contributed by atoms with Crippen molar-refractivity contribution >= 4 is 23.2 Å². The highest BCUT2D eigenvalue weighted by Gasteiger charge is 2.25. The van der Waals surface area contributed by atoms with E-state index in [1.807, 2.05) is 30.3 Å². The summed E-state index contributed by atoms with van der Waals surface area (Å²) in [7, 11) is 1.54. The predicted octanol–water partition coefficient (Wildman–Crippen LogP) is 2.90. The first-order valence-corrected chi connectivity index (χ1v) is 9.26. The van der Waals surface area contributed by atoms with Gasteiger partial charge < -0.3 is 4.84 Å². The number of anilines is 1. The number of aromatic nitrogens is 2. The first kappa shape index (κ1) is 20.4. The predicted molar refractivity (Wildman–Crippen MR) is 111 cm³/mol. The van der Waals surface area contributed by atoms with Crippen molar-refractivity contribution in [1.82, 2.24) is 9.13 Å². The number of carbonyl (C=O) groups excluding carboxylic acids is 1. The standard InChI is InChI=1S/C21H20ClN3O4/c1-14-19(25(15(2)26)29-18-11-9-17(22)10-12-18)20(27)24(21(28)23(14)3)13-16-7-5-4-6-8-16/h4-12H,13H2,1-3H3. The summed E-state index contributed by atoms with van der Waals surface area (Å²) in [5.41, 5.74) is -0.0119. The molecule has 0 radical (unpaired) electrons. The van der Waals surface area contributed by atoms with Crippen LogP contribution < -0.4 is 21.1 Å². The molecular weight excluding hydrogens is 394 g/mol. The van der Waals surface area contributed by atoms with E-state index in [1.165, 1.54) is 11.5 Å². The van der Waals surface area contributed by atoms with E-state index in [2.05, 4.69) is 0 Å². The Bertz CT molecular complexity index is 1150. The molecule has 1 heterocycles. The van der Waals surface area contributed by atoms with Gasteiger partial charge in [0.05, 0.1) is 12.2 Å². The molecule has 3 rings (SSSR count). The topological polar surface area (TPSA) is 73.5 Å². The Kier molecular flexibility index (Phi) is 5.89. The van der Waals surface area contributed by atoms with E-state index in [4.69, 9.17) is 16.4 Å². The van der Waals surface area contributed by atoms with Crippen LogP contribution >= 0.6 is 11.6 Å². The van der Waals surface area contributed by atoms with Crippen LogP contribution in [-0.4, -0.2) is 15.0 Å². The fourth-order valence-electron chi connectivity index (χ4n) is 2.86. The Morgan fingerprint density at radius 2 is 1.69 bits per heavy atom. The summed E-state index contributed by atoms with van der Waals surface area (Å²) < 4.78 is 2.40. The average molecular weight is 414 g/mol. The molecule has 29 heavy (non-hydrogen) atoms. The third kappa shape index (κ3) is 4.25. The van der Waals surface area contributed by atoms with Crippen LogP contribution in [0.1, 0.15) is 18.2 Å². The summed E-state index contributed by atoms with van der Waals surface area (Å²) in [6.45, 7) is 2.94. The molecule has 2 aromatic carbocycles. The molecule has 8 heteroatoms. The fourth-order valence-corrected chi connectivity index (χ4v) is 2.99. The zero-order valence-corrected chi connectivity index (χ0v) is 17.0. The van der Waals surface area contributed by atoms with Gasteiger partial charge >= 0.3 is 5.69 Å². The van der Waals surface area contributed by atoms with Gasteiger partial charge in [0.25, 0.3) is 11.5 Å². The molecule has 0 saturated carbocycles. The number of hydroxylamine groups is 1. The van der Waals surface area contributed by atoms with Gasteiger partial charge in [-0.15, -0.1) is 5.06 Å².